The Labute approximate surface area is 132 Å². The van der Waals surface area contributed by atoms with Gasteiger partial charge in [0, 0.05) is 24.2 Å². The number of hydrogen-bond acceptors (Lipinski definition) is 3. The number of rotatable bonds is 7. The summed E-state index contributed by atoms with van der Waals surface area (Å²) in [5, 5.41) is 11.8. The molecule has 21 heavy (non-hydrogen) atoms. The van der Waals surface area contributed by atoms with Crippen molar-refractivity contribution in [2.75, 3.05) is 31.6 Å². The number of carboxylic acid groups (broad SMARTS) is 1. The van der Waals surface area contributed by atoms with Gasteiger partial charge in [-0.15, -0.1) is 0 Å². The second-order valence-corrected chi connectivity index (χ2v) is 5.12. The highest BCUT2D eigenvalue weighted by molar-refractivity contribution is 9.10. The number of halogens is 1. The molecule has 0 saturated carbocycles. The van der Waals surface area contributed by atoms with Crippen molar-refractivity contribution in [1.29, 1.82) is 0 Å². The smallest absolute Gasteiger partial charge is 0.337 e. The summed E-state index contributed by atoms with van der Waals surface area (Å²) < 4.78 is 5.92. The Morgan fingerprint density at radius 3 is 2.67 bits per heavy atom. The van der Waals surface area contributed by atoms with Crippen LogP contribution in [0.15, 0.2) is 22.7 Å². The molecule has 2 N–H and O–H groups in total. The minimum absolute atomic E-state index is 0.0485. The van der Waals surface area contributed by atoms with E-state index in [9.17, 15) is 9.59 Å². The standard InChI is InChI=1S/C14H19BrN2O4/c1-3-17(7-8-21-4-2)14(20)16-12-9-10(15)5-6-11(12)13(18)19/h5-6,9H,3-4,7-8H2,1-2H3,(H,16,20)(H,18,19). The fraction of sp³-hybridized carbons (Fsp3) is 0.429. The maximum Gasteiger partial charge on any atom is 0.337 e. The van der Waals surface area contributed by atoms with Crippen molar-refractivity contribution in [3.8, 4) is 0 Å². The number of anilines is 1. The van der Waals surface area contributed by atoms with Crippen LogP contribution in [-0.2, 0) is 4.74 Å². The van der Waals surface area contributed by atoms with E-state index in [1.165, 1.54) is 6.07 Å². The number of hydrogen-bond donors (Lipinski definition) is 2. The molecule has 1 aromatic carbocycles. The minimum Gasteiger partial charge on any atom is -0.478 e. The van der Waals surface area contributed by atoms with E-state index >= 15 is 0 Å². The number of carboxylic acids is 1. The molecule has 0 radical (unpaired) electrons. The summed E-state index contributed by atoms with van der Waals surface area (Å²) in [5.74, 6) is -1.09. The predicted molar refractivity (Wildman–Crippen MR) is 83.9 cm³/mol. The second kappa shape index (κ2) is 8.63. The molecule has 0 bridgehead atoms. The molecule has 0 fully saturated rings. The molecule has 1 rings (SSSR count). The maximum atomic E-state index is 12.2. The molecule has 0 aliphatic carbocycles. The number of amides is 2. The number of likely N-dealkylation sites (N-methyl/N-ethyl adjacent to an activating group) is 1. The first-order valence-electron chi connectivity index (χ1n) is 6.66. The van der Waals surface area contributed by atoms with Crippen molar-refractivity contribution in [2.24, 2.45) is 0 Å². The van der Waals surface area contributed by atoms with E-state index < -0.39 is 5.97 Å². The molecule has 0 spiro atoms. The molecule has 0 aliphatic rings. The highest BCUT2D eigenvalue weighted by Gasteiger charge is 2.16. The number of carbonyl (C=O) groups is 2. The Kier molecular flexibility index (Phi) is 7.18. The first-order chi connectivity index (χ1) is 9.99. The van der Waals surface area contributed by atoms with Gasteiger partial charge in [0.25, 0.3) is 0 Å². The average molecular weight is 359 g/mol. The zero-order chi connectivity index (χ0) is 15.8. The Morgan fingerprint density at radius 2 is 2.10 bits per heavy atom. The van der Waals surface area contributed by atoms with Gasteiger partial charge in [0.1, 0.15) is 0 Å². The quantitative estimate of drug-likeness (QED) is 0.734. The zero-order valence-electron chi connectivity index (χ0n) is 12.1. The Balaban J connectivity index is 2.81. The van der Waals surface area contributed by atoms with Crippen molar-refractivity contribution < 1.29 is 19.4 Å². The summed E-state index contributed by atoms with van der Waals surface area (Å²) in [4.78, 5) is 24.9. The van der Waals surface area contributed by atoms with Crippen LogP contribution in [0.25, 0.3) is 0 Å². The Bertz CT molecular complexity index is 508. The van der Waals surface area contributed by atoms with Crippen LogP contribution in [0.2, 0.25) is 0 Å². The molecule has 0 atom stereocenters. The first-order valence-corrected chi connectivity index (χ1v) is 7.45. The number of aromatic carboxylic acids is 1. The van der Waals surface area contributed by atoms with Gasteiger partial charge in [-0.3, -0.25) is 0 Å². The molecule has 0 aliphatic heterocycles. The lowest BCUT2D eigenvalue weighted by Gasteiger charge is -2.21. The summed E-state index contributed by atoms with van der Waals surface area (Å²) in [7, 11) is 0. The van der Waals surface area contributed by atoms with E-state index in [4.69, 9.17) is 9.84 Å². The number of ether oxygens (including phenoxy) is 1. The van der Waals surface area contributed by atoms with E-state index in [0.717, 1.165) is 0 Å². The van der Waals surface area contributed by atoms with E-state index in [1.807, 2.05) is 13.8 Å². The molecule has 1 aromatic rings. The SMILES string of the molecule is CCOCCN(CC)C(=O)Nc1cc(Br)ccc1C(=O)O. The summed E-state index contributed by atoms with van der Waals surface area (Å²) >= 11 is 3.26. The number of carbonyl (C=O) groups excluding carboxylic acids is 1. The lowest BCUT2D eigenvalue weighted by atomic mass is 10.2. The van der Waals surface area contributed by atoms with Crippen LogP contribution < -0.4 is 5.32 Å². The molecule has 116 valence electrons. The number of benzene rings is 1. The summed E-state index contributed by atoms with van der Waals surface area (Å²) in [5.41, 5.74) is 0.309. The Morgan fingerprint density at radius 1 is 1.38 bits per heavy atom. The number of nitrogens with zero attached hydrogens (tertiary/aromatic N) is 1. The van der Waals surface area contributed by atoms with Gasteiger partial charge in [-0.2, -0.15) is 0 Å². The molecule has 0 unspecified atom stereocenters. The fourth-order valence-corrected chi connectivity index (χ4v) is 2.08. The van der Waals surface area contributed by atoms with Crippen molar-refractivity contribution in [2.45, 2.75) is 13.8 Å². The summed E-state index contributed by atoms with van der Waals surface area (Å²) in [6.45, 7) is 5.74. The lowest BCUT2D eigenvalue weighted by molar-refractivity contribution is 0.0698. The molecule has 0 saturated heterocycles. The zero-order valence-corrected chi connectivity index (χ0v) is 13.6. The van der Waals surface area contributed by atoms with Crippen LogP contribution >= 0.6 is 15.9 Å². The van der Waals surface area contributed by atoms with Crippen LogP contribution in [0.4, 0.5) is 10.5 Å². The monoisotopic (exact) mass is 358 g/mol. The van der Waals surface area contributed by atoms with Crippen LogP contribution in [0.5, 0.6) is 0 Å². The third-order valence-electron chi connectivity index (χ3n) is 2.83. The van der Waals surface area contributed by atoms with Gasteiger partial charge in [-0.05, 0) is 32.0 Å². The normalized spacial score (nSPS) is 10.2. The molecule has 2 amide bonds. The van der Waals surface area contributed by atoms with Gasteiger partial charge >= 0.3 is 12.0 Å². The molecule has 0 aromatic heterocycles. The van der Waals surface area contributed by atoms with Crippen molar-refractivity contribution in [3.05, 3.63) is 28.2 Å². The van der Waals surface area contributed by atoms with Crippen molar-refractivity contribution >= 4 is 33.6 Å². The maximum absolute atomic E-state index is 12.2. The third-order valence-corrected chi connectivity index (χ3v) is 3.33. The van der Waals surface area contributed by atoms with Crippen LogP contribution in [0, 0.1) is 0 Å². The third kappa shape index (κ3) is 5.35. The number of urea groups is 1. The van der Waals surface area contributed by atoms with Gasteiger partial charge in [0.2, 0.25) is 0 Å². The van der Waals surface area contributed by atoms with E-state index in [1.54, 1.807) is 17.0 Å². The van der Waals surface area contributed by atoms with Gasteiger partial charge < -0.3 is 20.1 Å². The van der Waals surface area contributed by atoms with Crippen molar-refractivity contribution in [1.82, 2.24) is 4.90 Å². The van der Waals surface area contributed by atoms with Crippen LogP contribution in [0.1, 0.15) is 24.2 Å². The van der Waals surface area contributed by atoms with Gasteiger partial charge in [0.05, 0.1) is 17.9 Å². The number of nitrogens with one attached hydrogen (secondary N) is 1. The van der Waals surface area contributed by atoms with Gasteiger partial charge in [-0.25, -0.2) is 9.59 Å². The summed E-state index contributed by atoms with van der Waals surface area (Å²) in [6.07, 6.45) is 0. The van der Waals surface area contributed by atoms with Crippen LogP contribution in [-0.4, -0.2) is 48.3 Å². The molecule has 6 nitrogen and oxygen atoms in total. The van der Waals surface area contributed by atoms with Crippen LogP contribution in [0.3, 0.4) is 0 Å². The molecular weight excluding hydrogens is 340 g/mol. The highest BCUT2D eigenvalue weighted by atomic mass is 79.9. The predicted octanol–water partition coefficient (Wildman–Crippen LogP) is 3.04. The van der Waals surface area contributed by atoms with E-state index in [-0.39, 0.29) is 17.3 Å². The lowest BCUT2D eigenvalue weighted by Crippen LogP contribution is -2.37. The molecule has 0 heterocycles. The van der Waals surface area contributed by atoms with E-state index in [0.29, 0.717) is 30.8 Å². The second-order valence-electron chi connectivity index (χ2n) is 4.20. The van der Waals surface area contributed by atoms with E-state index in [2.05, 4.69) is 21.2 Å². The molecular formula is C14H19BrN2O4. The summed E-state index contributed by atoms with van der Waals surface area (Å²) in [6, 6.07) is 4.28. The molecule has 7 heteroatoms. The topological polar surface area (TPSA) is 78.9 Å². The average Bonchev–Trinajstić information content (AvgIpc) is 2.43. The van der Waals surface area contributed by atoms with Gasteiger partial charge in [0.15, 0.2) is 0 Å². The first kappa shape index (κ1) is 17.5. The largest absolute Gasteiger partial charge is 0.478 e. The fourth-order valence-electron chi connectivity index (χ4n) is 1.72. The van der Waals surface area contributed by atoms with Crippen molar-refractivity contribution in [3.63, 3.8) is 0 Å². The van der Waals surface area contributed by atoms with Gasteiger partial charge in [-0.1, -0.05) is 15.9 Å². The minimum atomic E-state index is -1.09. The highest BCUT2D eigenvalue weighted by Crippen LogP contribution is 2.22. The Hall–Kier alpha value is -1.60.